The summed E-state index contributed by atoms with van der Waals surface area (Å²) < 4.78 is 5.86. The van der Waals surface area contributed by atoms with Crippen molar-refractivity contribution in [3.63, 3.8) is 0 Å². The molecule has 0 radical (unpaired) electrons. The summed E-state index contributed by atoms with van der Waals surface area (Å²) in [4.78, 5) is 4.56. The van der Waals surface area contributed by atoms with Gasteiger partial charge in [0.2, 0.25) is 0 Å². The molecule has 2 aromatic carbocycles. The summed E-state index contributed by atoms with van der Waals surface area (Å²) in [5.41, 5.74) is 3.42. The maximum atomic E-state index is 5.86. The number of hydrogen-bond acceptors (Lipinski definition) is 2. The fourth-order valence-corrected chi connectivity index (χ4v) is 3.17. The van der Waals surface area contributed by atoms with E-state index in [1.165, 1.54) is 50.5 Å². The second-order valence-electron chi connectivity index (χ2n) is 7.90. The lowest BCUT2D eigenvalue weighted by Crippen LogP contribution is -1.97. The summed E-state index contributed by atoms with van der Waals surface area (Å²) in [5, 5.41) is 0. The van der Waals surface area contributed by atoms with Gasteiger partial charge in [-0.3, -0.25) is 4.99 Å². The van der Waals surface area contributed by atoms with Crippen molar-refractivity contribution in [3.8, 4) is 5.75 Å². The fraction of sp³-hybridized carbons (Fsp3) is 0.500. The van der Waals surface area contributed by atoms with E-state index in [0.717, 1.165) is 30.0 Å². The van der Waals surface area contributed by atoms with Crippen molar-refractivity contribution in [2.24, 2.45) is 4.99 Å². The van der Waals surface area contributed by atoms with Crippen molar-refractivity contribution >= 4 is 11.9 Å². The van der Waals surface area contributed by atoms with Crippen LogP contribution in [-0.2, 0) is 0 Å². The Bertz CT molecular complexity index is 671. The van der Waals surface area contributed by atoms with Gasteiger partial charge in [-0.2, -0.15) is 0 Å². The van der Waals surface area contributed by atoms with Crippen LogP contribution in [0.25, 0.3) is 0 Å². The lowest BCUT2D eigenvalue weighted by atomic mass is 10.0. The number of nitrogens with zero attached hydrogens (tertiary/aromatic N) is 1. The number of unbranched alkanes of at least 4 members (excludes halogenated alkanes) is 7. The second-order valence-corrected chi connectivity index (χ2v) is 7.90. The fourth-order valence-electron chi connectivity index (χ4n) is 3.17. The normalized spacial score (nSPS) is 11.4. The zero-order valence-electron chi connectivity index (χ0n) is 18.0. The van der Waals surface area contributed by atoms with Crippen molar-refractivity contribution < 1.29 is 4.74 Å². The average Bonchev–Trinajstić information content (AvgIpc) is 2.72. The van der Waals surface area contributed by atoms with E-state index in [9.17, 15) is 0 Å². The Balaban J connectivity index is 1.66. The first-order valence-electron chi connectivity index (χ1n) is 11.1. The number of hydrogen-bond donors (Lipinski definition) is 0. The molecule has 0 atom stereocenters. The van der Waals surface area contributed by atoms with Crippen LogP contribution in [0.4, 0.5) is 5.69 Å². The van der Waals surface area contributed by atoms with Crippen LogP contribution in [0.1, 0.15) is 89.2 Å². The molecular formula is C26H37NO. The van der Waals surface area contributed by atoms with Gasteiger partial charge in [0.25, 0.3) is 0 Å². The summed E-state index contributed by atoms with van der Waals surface area (Å²) in [7, 11) is 0. The molecular weight excluding hydrogens is 342 g/mol. The van der Waals surface area contributed by atoms with Gasteiger partial charge < -0.3 is 4.74 Å². The first-order chi connectivity index (χ1) is 13.7. The Morgan fingerprint density at radius 3 is 2.00 bits per heavy atom. The third-order valence-electron chi connectivity index (χ3n) is 5.07. The third kappa shape index (κ3) is 8.73. The van der Waals surface area contributed by atoms with E-state index in [0.29, 0.717) is 5.92 Å². The van der Waals surface area contributed by atoms with Gasteiger partial charge in [0.1, 0.15) is 5.75 Å². The second kappa shape index (κ2) is 13.1. The summed E-state index contributed by atoms with van der Waals surface area (Å²) in [6.45, 7) is 7.49. The Hall–Kier alpha value is -2.09. The Morgan fingerprint density at radius 2 is 1.39 bits per heavy atom. The van der Waals surface area contributed by atoms with Gasteiger partial charge >= 0.3 is 0 Å². The van der Waals surface area contributed by atoms with E-state index in [4.69, 9.17) is 4.74 Å². The number of benzene rings is 2. The van der Waals surface area contributed by atoms with E-state index >= 15 is 0 Å². The Morgan fingerprint density at radius 1 is 0.786 bits per heavy atom. The van der Waals surface area contributed by atoms with Gasteiger partial charge in [0, 0.05) is 6.21 Å². The molecule has 0 amide bonds. The molecule has 28 heavy (non-hydrogen) atoms. The highest BCUT2D eigenvalue weighted by molar-refractivity contribution is 5.82. The molecule has 0 aromatic heterocycles. The van der Waals surface area contributed by atoms with E-state index in [1.807, 2.05) is 18.3 Å². The molecule has 0 spiro atoms. The van der Waals surface area contributed by atoms with E-state index in [-0.39, 0.29) is 0 Å². The Labute approximate surface area is 172 Å². The Kier molecular flexibility index (Phi) is 10.4. The zero-order valence-corrected chi connectivity index (χ0v) is 18.0. The largest absolute Gasteiger partial charge is 0.494 e. The minimum Gasteiger partial charge on any atom is -0.494 e. The first kappa shape index (κ1) is 22.2. The predicted octanol–water partition coefficient (Wildman–Crippen LogP) is 8.08. The van der Waals surface area contributed by atoms with Crippen molar-refractivity contribution in [2.45, 2.75) is 78.1 Å². The summed E-state index contributed by atoms with van der Waals surface area (Å²) >= 11 is 0. The standard InChI is InChI=1S/C26H37NO/c1-4-5-6-7-8-9-10-11-20-28-26-18-12-23(13-19-26)21-27-25-16-14-24(15-17-25)22(2)3/h12-19,21-22H,4-11,20H2,1-3H3. The average molecular weight is 380 g/mol. The third-order valence-corrected chi connectivity index (χ3v) is 5.07. The van der Waals surface area contributed by atoms with E-state index < -0.39 is 0 Å². The molecule has 152 valence electrons. The van der Waals surface area contributed by atoms with Crippen LogP contribution in [0.5, 0.6) is 5.75 Å². The maximum absolute atomic E-state index is 5.86. The molecule has 2 rings (SSSR count). The van der Waals surface area contributed by atoms with Gasteiger partial charge in [-0.05, 0) is 59.9 Å². The van der Waals surface area contributed by atoms with Crippen LogP contribution in [0.15, 0.2) is 53.5 Å². The van der Waals surface area contributed by atoms with Gasteiger partial charge in [-0.1, -0.05) is 77.8 Å². The first-order valence-corrected chi connectivity index (χ1v) is 11.1. The highest BCUT2D eigenvalue weighted by Gasteiger charge is 1.98. The van der Waals surface area contributed by atoms with Crippen molar-refractivity contribution in [1.29, 1.82) is 0 Å². The van der Waals surface area contributed by atoms with Crippen molar-refractivity contribution in [3.05, 3.63) is 59.7 Å². The summed E-state index contributed by atoms with van der Waals surface area (Å²) in [5.74, 6) is 1.50. The molecule has 2 heteroatoms. The van der Waals surface area contributed by atoms with Crippen molar-refractivity contribution in [2.75, 3.05) is 6.61 Å². The van der Waals surface area contributed by atoms with Crippen LogP contribution < -0.4 is 4.74 Å². The highest BCUT2D eigenvalue weighted by Crippen LogP contribution is 2.19. The molecule has 0 aliphatic rings. The highest BCUT2D eigenvalue weighted by atomic mass is 16.5. The van der Waals surface area contributed by atoms with E-state index in [2.05, 4.69) is 62.2 Å². The lowest BCUT2D eigenvalue weighted by Gasteiger charge is -2.06. The molecule has 0 aliphatic heterocycles. The lowest BCUT2D eigenvalue weighted by molar-refractivity contribution is 0.304. The summed E-state index contributed by atoms with van der Waals surface area (Å²) in [6, 6.07) is 16.7. The van der Waals surface area contributed by atoms with Crippen LogP contribution in [0, 0.1) is 0 Å². The van der Waals surface area contributed by atoms with Crippen molar-refractivity contribution in [1.82, 2.24) is 0 Å². The zero-order chi connectivity index (χ0) is 20.0. The number of ether oxygens (including phenoxy) is 1. The maximum Gasteiger partial charge on any atom is 0.119 e. The van der Waals surface area contributed by atoms with Gasteiger partial charge in [0.05, 0.1) is 12.3 Å². The monoisotopic (exact) mass is 379 g/mol. The molecule has 0 heterocycles. The minimum absolute atomic E-state index is 0.552. The number of rotatable bonds is 13. The molecule has 0 bridgehead atoms. The van der Waals surface area contributed by atoms with Crippen LogP contribution in [-0.4, -0.2) is 12.8 Å². The molecule has 0 N–H and O–H groups in total. The van der Waals surface area contributed by atoms with Crippen LogP contribution in [0.2, 0.25) is 0 Å². The van der Waals surface area contributed by atoms with Gasteiger partial charge in [0.15, 0.2) is 0 Å². The minimum atomic E-state index is 0.552. The van der Waals surface area contributed by atoms with Crippen LogP contribution >= 0.6 is 0 Å². The van der Waals surface area contributed by atoms with E-state index in [1.54, 1.807) is 0 Å². The SMILES string of the molecule is CCCCCCCCCCOc1ccc(C=Nc2ccc(C(C)C)cc2)cc1. The molecule has 0 saturated heterocycles. The quantitative estimate of drug-likeness (QED) is 0.254. The molecule has 0 unspecified atom stereocenters. The number of aliphatic imine (C=N–C) groups is 1. The summed E-state index contributed by atoms with van der Waals surface area (Å²) in [6.07, 6.45) is 12.5. The molecule has 0 saturated carbocycles. The molecule has 0 fully saturated rings. The van der Waals surface area contributed by atoms with Gasteiger partial charge in [-0.15, -0.1) is 0 Å². The van der Waals surface area contributed by atoms with Crippen LogP contribution in [0.3, 0.4) is 0 Å². The molecule has 2 aromatic rings. The van der Waals surface area contributed by atoms with Gasteiger partial charge in [-0.25, -0.2) is 0 Å². The predicted molar refractivity (Wildman–Crippen MR) is 122 cm³/mol. The topological polar surface area (TPSA) is 21.6 Å². The molecule has 2 nitrogen and oxygen atoms in total. The smallest absolute Gasteiger partial charge is 0.119 e. The molecule has 0 aliphatic carbocycles.